The maximum Gasteiger partial charge on any atom is 0.262 e. The molecule has 34 heavy (non-hydrogen) atoms. The number of hydrogen-bond donors (Lipinski definition) is 0. The molecule has 1 unspecified atom stereocenters. The average Bonchev–Trinajstić information content (AvgIpc) is 3.31. The predicted molar refractivity (Wildman–Crippen MR) is 138 cm³/mol. The summed E-state index contributed by atoms with van der Waals surface area (Å²) in [5.74, 6) is -0.454. The van der Waals surface area contributed by atoms with Crippen LogP contribution in [-0.4, -0.2) is 21.3 Å². The summed E-state index contributed by atoms with van der Waals surface area (Å²) < 4.78 is 2.20. The first kappa shape index (κ1) is 23.8. The number of carbonyl (C=O) groups excluding carboxylic acids is 2. The van der Waals surface area contributed by atoms with Crippen LogP contribution in [0.3, 0.4) is 0 Å². The van der Waals surface area contributed by atoms with E-state index in [9.17, 15) is 9.59 Å². The third kappa shape index (κ3) is 4.14. The summed E-state index contributed by atoms with van der Waals surface area (Å²) in [5, 5.41) is 1.65. The third-order valence-electron chi connectivity index (χ3n) is 6.12. The lowest BCUT2D eigenvalue weighted by molar-refractivity contribution is 0.0531. The zero-order valence-electron chi connectivity index (χ0n) is 20.0. The summed E-state index contributed by atoms with van der Waals surface area (Å²) >= 11 is 6.29. The second-order valence-corrected chi connectivity index (χ2v) is 9.00. The molecule has 2 heterocycles. The van der Waals surface area contributed by atoms with Crippen molar-refractivity contribution in [1.82, 2.24) is 9.47 Å². The fourth-order valence-electron chi connectivity index (χ4n) is 4.68. The summed E-state index contributed by atoms with van der Waals surface area (Å²) in [6.07, 6.45) is 0. The SMILES string of the molecule is CC.CC(C)C(c1cc2cc(Cl)ccc2n1Cc1ccccc1)N1C(=O)c2ccccc2C1=O. The molecule has 0 radical (unpaired) electrons. The number of aromatic nitrogens is 1. The molecule has 0 fully saturated rings. The number of carbonyl (C=O) groups is 2. The summed E-state index contributed by atoms with van der Waals surface area (Å²) in [7, 11) is 0. The number of fused-ring (bicyclic) bond motifs is 2. The highest BCUT2D eigenvalue weighted by Gasteiger charge is 2.42. The first-order valence-corrected chi connectivity index (χ1v) is 12.1. The van der Waals surface area contributed by atoms with Crippen LogP contribution < -0.4 is 0 Å². The fraction of sp³-hybridized carbons (Fsp3) is 0.241. The highest BCUT2D eigenvalue weighted by atomic mass is 35.5. The minimum Gasteiger partial charge on any atom is -0.338 e. The molecule has 4 aromatic rings. The van der Waals surface area contributed by atoms with E-state index >= 15 is 0 Å². The number of halogens is 1. The van der Waals surface area contributed by atoms with Crippen molar-refractivity contribution in [3.05, 3.63) is 106 Å². The van der Waals surface area contributed by atoms with E-state index in [1.165, 1.54) is 4.90 Å². The van der Waals surface area contributed by atoms with Gasteiger partial charge in [0, 0.05) is 28.2 Å². The van der Waals surface area contributed by atoms with Crippen molar-refractivity contribution in [2.45, 2.75) is 40.3 Å². The molecule has 0 saturated carbocycles. The Bertz CT molecular complexity index is 1310. The van der Waals surface area contributed by atoms with Crippen LogP contribution >= 0.6 is 11.6 Å². The van der Waals surface area contributed by atoms with E-state index in [0.29, 0.717) is 22.7 Å². The molecule has 1 aliphatic rings. The molecule has 174 valence electrons. The van der Waals surface area contributed by atoms with Gasteiger partial charge < -0.3 is 4.57 Å². The van der Waals surface area contributed by atoms with Gasteiger partial charge in [0.2, 0.25) is 0 Å². The number of amides is 2. The Morgan fingerprint density at radius 2 is 1.38 bits per heavy atom. The standard InChI is InChI=1S/C27H23ClN2O2.C2H6/c1-17(2)25(30-26(31)21-10-6-7-11-22(21)27(30)32)24-15-19-14-20(28)12-13-23(19)29(24)16-18-8-4-3-5-9-18;1-2/h3-15,17,25H,16H2,1-2H3;1-2H3. The maximum absolute atomic E-state index is 13.3. The Morgan fingerprint density at radius 1 is 0.794 bits per heavy atom. The van der Waals surface area contributed by atoms with Gasteiger partial charge >= 0.3 is 0 Å². The zero-order chi connectivity index (χ0) is 24.4. The molecule has 5 rings (SSSR count). The smallest absolute Gasteiger partial charge is 0.262 e. The van der Waals surface area contributed by atoms with E-state index in [1.54, 1.807) is 24.3 Å². The number of imide groups is 1. The first-order chi connectivity index (χ1) is 16.5. The number of rotatable bonds is 5. The summed E-state index contributed by atoms with van der Waals surface area (Å²) in [6, 6.07) is 24.7. The quantitative estimate of drug-likeness (QED) is 0.285. The van der Waals surface area contributed by atoms with Crippen LogP contribution in [-0.2, 0) is 6.54 Å². The van der Waals surface area contributed by atoms with Crippen LogP contribution in [0.5, 0.6) is 0 Å². The van der Waals surface area contributed by atoms with E-state index < -0.39 is 6.04 Å². The molecule has 5 heteroatoms. The minimum atomic E-state index is -0.405. The lowest BCUT2D eigenvalue weighted by Crippen LogP contribution is -2.38. The van der Waals surface area contributed by atoms with Crippen LogP contribution in [0.2, 0.25) is 5.02 Å². The molecule has 4 nitrogen and oxygen atoms in total. The van der Waals surface area contributed by atoms with Gasteiger partial charge in [-0.3, -0.25) is 14.5 Å². The molecule has 0 N–H and O–H groups in total. The van der Waals surface area contributed by atoms with Gasteiger partial charge in [0.15, 0.2) is 0 Å². The van der Waals surface area contributed by atoms with Crippen molar-refractivity contribution in [2.75, 3.05) is 0 Å². The predicted octanol–water partition coefficient (Wildman–Crippen LogP) is 7.36. The van der Waals surface area contributed by atoms with E-state index in [2.05, 4.69) is 22.8 Å². The lowest BCUT2D eigenvalue weighted by atomic mass is 9.98. The lowest BCUT2D eigenvalue weighted by Gasteiger charge is -2.31. The van der Waals surface area contributed by atoms with Crippen molar-refractivity contribution in [2.24, 2.45) is 5.92 Å². The largest absolute Gasteiger partial charge is 0.338 e. The van der Waals surface area contributed by atoms with Gasteiger partial charge in [-0.25, -0.2) is 0 Å². The summed E-state index contributed by atoms with van der Waals surface area (Å²) in [6.45, 7) is 8.73. The van der Waals surface area contributed by atoms with Crippen LogP contribution in [0.4, 0.5) is 0 Å². The van der Waals surface area contributed by atoms with Crippen LogP contribution in [0.25, 0.3) is 10.9 Å². The molecule has 1 aliphatic heterocycles. The van der Waals surface area contributed by atoms with Crippen LogP contribution in [0.1, 0.15) is 65.7 Å². The molecule has 1 aromatic heterocycles. The average molecular weight is 473 g/mol. The molecular weight excluding hydrogens is 444 g/mol. The van der Waals surface area contributed by atoms with Gasteiger partial charge in [-0.15, -0.1) is 0 Å². The molecule has 0 saturated heterocycles. The monoisotopic (exact) mass is 472 g/mol. The molecule has 3 aromatic carbocycles. The Labute approximate surface area is 205 Å². The normalized spacial score (nSPS) is 13.8. The van der Waals surface area contributed by atoms with Gasteiger partial charge in [-0.1, -0.05) is 81.8 Å². The van der Waals surface area contributed by atoms with Crippen molar-refractivity contribution in [3.8, 4) is 0 Å². The van der Waals surface area contributed by atoms with Gasteiger partial charge in [-0.2, -0.15) is 0 Å². The van der Waals surface area contributed by atoms with Gasteiger partial charge in [0.1, 0.15) is 0 Å². The van der Waals surface area contributed by atoms with E-state index in [4.69, 9.17) is 11.6 Å². The molecule has 0 aliphatic carbocycles. The Kier molecular flexibility index (Phi) is 6.90. The van der Waals surface area contributed by atoms with Crippen LogP contribution in [0.15, 0.2) is 78.9 Å². The highest BCUT2D eigenvalue weighted by molar-refractivity contribution is 6.31. The van der Waals surface area contributed by atoms with Gasteiger partial charge in [0.05, 0.1) is 17.2 Å². The highest BCUT2D eigenvalue weighted by Crippen LogP contribution is 2.39. The van der Waals surface area contributed by atoms with Crippen molar-refractivity contribution in [3.63, 3.8) is 0 Å². The minimum absolute atomic E-state index is 0.0199. The molecular formula is C29H29ClN2O2. The second kappa shape index (κ2) is 9.86. The van der Waals surface area contributed by atoms with Gasteiger partial charge in [0.25, 0.3) is 11.8 Å². The van der Waals surface area contributed by atoms with E-state index in [1.807, 2.05) is 64.1 Å². The van der Waals surface area contributed by atoms with Gasteiger partial charge in [-0.05, 0) is 47.9 Å². The number of hydrogen-bond acceptors (Lipinski definition) is 2. The summed E-state index contributed by atoms with van der Waals surface area (Å²) in [4.78, 5) is 28.1. The fourth-order valence-corrected chi connectivity index (χ4v) is 4.86. The number of benzene rings is 3. The zero-order valence-corrected chi connectivity index (χ0v) is 20.7. The number of nitrogens with zero attached hydrogens (tertiary/aromatic N) is 2. The topological polar surface area (TPSA) is 42.3 Å². The maximum atomic E-state index is 13.3. The summed E-state index contributed by atoms with van der Waals surface area (Å²) in [5.41, 5.74) is 4.03. The molecule has 0 spiro atoms. The Hall–Kier alpha value is -3.37. The van der Waals surface area contributed by atoms with Crippen LogP contribution in [0, 0.1) is 5.92 Å². The van der Waals surface area contributed by atoms with E-state index in [-0.39, 0.29) is 17.7 Å². The molecule has 2 amide bonds. The van der Waals surface area contributed by atoms with Crippen molar-refractivity contribution in [1.29, 1.82) is 0 Å². The molecule has 0 bridgehead atoms. The van der Waals surface area contributed by atoms with Crippen molar-refractivity contribution < 1.29 is 9.59 Å². The van der Waals surface area contributed by atoms with E-state index in [0.717, 1.165) is 22.2 Å². The third-order valence-corrected chi connectivity index (χ3v) is 6.35. The van der Waals surface area contributed by atoms with Crippen molar-refractivity contribution >= 4 is 34.3 Å². The Balaban J connectivity index is 0.00000133. The Morgan fingerprint density at radius 3 is 1.97 bits per heavy atom. The first-order valence-electron chi connectivity index (χ1n) is 11.7. The molecule has 1 atom stereocenters. The second-order valence-electron chi connectivity index (χ2n) is 8.56.